The number of ether oxygens (including phenoxy) is 1. The Labute approximate surface area is 156 Å². The molecule has 0 heterocycles. The van der Waals surface area contributed by atoms with Crippen LogP contribution in [0.4, 0.5) is 0 Å². The Bertz CT molecular complexity index is 283. The summed E-state index contributed by atoms with van der Waals surface area (Å²) in [4.78, 5) is 30.3. The Balaban J connectivity index is -0.00000112. The summed E-state index contributed by atoms with van der Waals surface area (Å²) in [7, 11) is -4.93. The number of esters is 1. The van der Waals surface area contributed by atoms with E-state index in [1.54, 1.807) is 6.92 Å². The van der Waals surface area contributed by atoms with E-state index in [4.69, 9.17) is 16.3 Å². The molecule has 1 atom stereocenters. The normalized spacial score (nSPS) is 13.8. The van der Waals surface area contributed by atoms with Crippen LogP contribution in [-0.4, -0.2) is 24.1 Å². The number of alkyl halides is 1. The van der Waals surface area contributed by atoms with Crippen molar-refractivity contribution < 1.29 is 87.5 Å². The summed E-state index contributed by atoms with van der Waals surface area (Å²) in [5.74, 6) is -0.580. The minimum Gasteiger partial charge on any atom is -0.790 e. The maximum absolute atomic E-state index is 11.3. The van der Waals surface area contributed by atoms with E-state index in [2.05, 4.69) is 4.52 Å². The summed E-state index contributed by atoms with van der Waals surface area (Å²) in [6.45, 7) is 2.92. The van der Waals surface area contributed by atoms with Gasteiger partial charge in [0, 0.05) is 6.42 Å². The molecule has 0 bridgehead atoms. The topological polar surface area (TPSA) is 98.7 Å². The van der Waals surface area contributed by atoms with E-state index in [9.17, 15) is 19.1 Å². The third kappa shape index (κ3) is 12.9. The van der Waals surface area contributed by atoms with E-state index in [1.165, 1.54) is 6.92 Å². The molecule has 6 nitrogen and oxygen atoms in total. The first-order valence-electron chi connectivity index (χ1n) is 4.72. The van der Waals surface area contributed by atoms with Crippen LogP contribution in [0.2, 0.25) is 0 Å². The van der Waals surface area contributed by atoms with Gasteiger partial charge in [0.2, 0.25) is 0 Å². The zero-order chi connectivity index (χ0) is 12.8. The molecule has 0 aromatic rings. The number of hydrogen-bond donors (Lipinski definition) is 0. The maximum Gasteiger partial charge on any atom is 1.00 e. The van der Waals surface area contributed by atoms with Crippen molar-refractivity contribution in [2.24, 2.45) is 0 Å². The van der Waals surface area contributed by atoms with E-state index >= 15 is 0 Å². The van der Waals surface area contributed by atoms with Crippen LogP contribution in [0.5, 0.6) is 0 Å². The second-order valence-corrected chi connectivity index (χ2v) is 5.31. The molecule has 0 spiro atoms. The van der Waals surface area contributed by atoms with Gasteiger partial charge in [0.1, 0.15) is 4.87 Å². The largest absolute Gasteiger partial charge is 1.00 e. The summed E-state index contributed by atoms with van der Waals surface area (Å²) in [5, 5.41) is 0. The van der Waals surface area contributed by atoms with Gasteiger partial charge in [-0.15, -0.1) is 11.6 Å². The van der Waals surface area contributed by atoms with Crippen LogP contribution in [-0.2, 0) is 18.6 Å². The fraction of sp³-hybridized carbons (Fsp3) is 0.875. The molecule has 0 aromatic heterocycles. The first kappa shape index (κ1) is 24.9. The average Bonchev–Trinajstić information content (AvgIpc) is 2.15. The molecule has 18 heavy (non-hydrogen) atoms. The van der Waals surface area contributed by atoms with Crippen molar-refractivity contribution in [3.63, 3.8) is 0 Å². The van der Waals surface area contributed by atoms with Gasteiger partial charge in [0.25, 0.3) is 0 Å². The predicted octanol–water partition coefficient (Wildman–Crippen LogP) is -5.82. The van der Waals surface area contributed by atoms with Gasteiger partial charge < -0.3 is 23.6 Å². The van der Waals surface area contributed by atoms with Gasteiger partial charge in [0.15, 0.2) is 0 Å². The van der Waals surface area contributed by atoms with Gasteiger partial charge in [-0.2, -0.15) is 0 Å². The van der Waals surface area contributed by atoms with Gasteiger partial charge in [-0.25, -0.2) is 0 Å². The van der Waals surface area contributed by atoms with E-state index in [0.29, 0.717) is 6.42 Å². The van der Waals surface area contributed by atoms with Crippen LogP contribution in [0.15, 0.2) is 0 Å². The van der Waals surface area contributed by atoms with Crippen molar-refractivity contribution >= 4 is 25.4 Å². The molecule has 10 heteroatoms. The minimum absolute atomic E-state index is 0. The van der Waals surface area contributed by atoms with Crippen molar-refractivity contribution in [1.82, 2.24) is 0 Å². The number of carbonyl (C=O) groups is 1. The first-order chi connectivity index (χ1) is 7.19. The Morgan fingerprint density at radius 1 is 1.33 bits per heavy atom. The van der Waals surface area contributed by atoms with Gasteiger partial charge in [-0.1, -0.05) is 6.92 Å². The Hall–Kier alpha value is 1.87. The van der Waals surface area contributed by atoms with Crippen molar-refractivity contribution in [2.45, 2.75) is 31.6 Å². The smallest absolute Gasteiger partial charge is 0.790 e. The molecule has 0 rings (SSSR count). The van der Waals surface area contributed by atoms with Crippen molar-refractivity contribution in [2.75, 3.05) is 13.2 Å². The van der Waals surface area contributed by atoms with Crippen LogP contribution in [0.1, 0.15) is 26.7 Å². The number of phosphoric ester groups is 1. The molecule has 1 unspecified atom stereocenters. The second kappa shape index (κ2) is 11.5. The molecule has 0 saturated carbocycles. The Morgan fingerprint density at radius 3 is 2.22 bits per heavy atom. The predicted molar refractivity (Wildman–Crippen MR) is 53.7 cm³/mol. The van der Waals surface area contributed by atoms with Crippen LogP contribution in [0, 0.1) is 0 Å². The molecule has 96 valence electrons. The SMILES string of the molecule is CCC(C)(Cl)C(=O)OCCCOP(=O)([O-])[O-].[Na+].[Na+]. The zero-order valence-electron chi connectivity index (χ0n) is 11.1. The standard InChI is InChI=1S/C8H16ClO6P.2Na/c1-3-8(2,9)7(10)14-5-4-6-15-16(11,12)13;;/h3-6H2,1-2H3,(H2,11,12,13);;/q;2*+1/p-2. The van der Waals surface area contributed by atoms with Crippen LogP contribution < -0.4 is 68.9 Å². The first-order valence-corrected chi connectivity index (χ1v) is 6.55. The third-order valence-electron chi connectivity index (χ3n) is 1.86. The fourth-order valence-electron chi connectivity index (χ4n) is 0.695. The van der Waals surface area contributed by atoms with E-state index in [-0.39, 0.29) is 78.7 Å². The summed E-state index contributed by atoms with van der Waals surface area (Å²) >= 11 is 5.81. The molecule has 0 saturated heterocycles. The summed E-state index contributed by atoms with van der Waals surface area (Å²) in [5.41, 5.74) is 0. The van der Waals surface area contributed by atoms with Crippen molar-refractivity contribution in [3.05, 3.63) is 0 Å². The molecule has 0 aliphatic rings. The van der Waals surface area contributed by atoms with Crippen LogP contribution in [0.3, 0.4) is 0 Å². The van der Waals surface area contributed by atoms with Gasteiger partial charge in [-0.3, -0.25) is 4.79 Å². The van der Waals surface area contributed by atoms with Crippen molar-refractivity contribution in [1.29, 1.82) is 0 Å². The van der Waals surface area contributed by atoms with Crippen LogP contribution >= 0.6 is 19.4 Å². The third-order valence-corrected chi connectivity index (χ3v) is 2.78. The molecule has 0 aliphatic heterocycles. The average molecular weight is 319 g/mol. The van der Waals surface area contributed by atoms with E-state index in [1.807, 2.05) is 0 Å². The monoisotopic (exact) mass is 318 g/mol. The summed E-state index contributed by atoms with van der Waals surface area (Å²) < 4.78 is 18.8. The molecule has 0 fully saturated rings. The fourth-order valence-corrected chi connectivity index (χ4v) is 1.10. The molecular formula is C8H14ClNa2O6P. The van der Waals surface area contributed by atoms with Gasteiger partial charge >= 0.3 is 65.1 Å². The maximum atomic E-state index is 11.3. The molecule has 0 aromatic carbocycles. The second-order valence-electron chi connectivity index (χ2n) is 3.32. The molecule has 0 N–H and O–H groups in total. The Morgan fingerprint density at radius 2 is 1.83 bits per heavy atom. The summed E-state index contributed by atoms with van der Waals surface area (Å²) in [6.07, 6.45) is 0.539. The molecule has 0 amide bonds. The molecule has 0 radical (unpaired) electrons. The van der Waals surface area contributed by atoms with Crippen molar-refractivity contribution in [3.8, 4) is 0 Å². The van der Waals surface area contributed by atoms with E-state index in [0.717, 1.165) is 0 Å². The number of hydrogen-bond acceptors (Lipinski definition) is 6. The number of rotatable bonds is 7. The van der Waals surface area contributed by atoms with Gasteiger partial charge in [-0.05, 0) is 13.3 Å². The van der Waals surface area contributed by atoms with Crippen LogP contribution in [0.25, 0.3) is 0 Å². The zero-order valence-corrected chi connectivity index (χ0v) is 16.8. The minimum atomic E-state index is -4.93. The molecular weight excluding hydrogens is 304 g/mol. The molecule has 0 aliphatic carbocycles. The number of carbonyl (C=O) groups excluding carboxylic acids is 1. The number of halogens is 1. The summed E-state index contributed by atoms with van der Waals surface area (Å²) in [6, 6.07) is 0. The Kier molecular flexibility index (Phi) is 15.9. The van der Waals surface area contributed by atoms with E-state index < -0.39 is 18.7 Å². The number of phosphoric acid groups is 1. The quantitative estimate of drug-likeness (QED) is 0.152. The van der Waals surface area contributed by atoms with Gasteiger partial charge in [0.05, 0.1) is 21.0 Å².